The number of nitriles is 1. The van der Waals surface area contributed by atoms with Gasteiger partial charge in [-0.2, -0.15) is 5.26 Å². The molecule has 114 valence electrons. The Kier molecular flexibility index (Phi) is 4.64. The molecule has 0 heterocycles. The summed E-state index contributed by atoms with van der Waals surface area (Å²) in [5, 5.41) is 22.8. The Balaban J connectivity index is 2.10. The van der Waals surface area contributed by atoms with E-state index in [0.29, 0.717) is 11.1 Å². The number of amidine groups is 1. The van der Waals surface area contributed by atoms with Gasteiger partial charge in [0.05, 0.1) is 22.1 Å². The second kappa shape index (κ2) is 6.82. The molecule has 0 aliphatic heterocycles. The molecular weight excluding hydrogens is 300 g/mol. The maximum Gasteiger partial charge on any atom is 0.365 e. The summed E-state index contributed by atoms with van der Waals surface area (Å²) in [5.41, 5.74) is 6.40. The molecule has 0 fully saturated rings. The number of hydrogen-bond acceptors (Lipinski definition) is 6. The number of nitro benzene ring substituents is 1. The smallest absolute Gasteiger partial charge is 0.365 e. The molecule has 0 radical (unpaired) electrons. The summed E-state index contributed by atoms with van der Waals surface area (Å²) >= 11 is 0. The molecule has 2 N–H and O–H groups in total. The van der Waals surface area contributed by atoms with Gasteiger partial charge in [-0.05, 0) is 30.3 Å². The molecule has 8 nitrogen and oxygen atoms in total. The maximum absolute atomic E-state index is 11.8. The number of nitrogens with zero attached hydrogens (tertiary/aromatic N) is 3. The first kappa shape index (κ1) is 15.7. The van der Waals surface area contributed by atoms with Crippen molar-refractivity contribution in [3.05, 3.63) is 75.3 Å². The van der Waals surface area contributed by atoms with Gasteiger partial charge in [0.1, 0.15) is 0 Å². The number of rotatable bonds is 4. The summed E-state index contributed by atoms with van der Waals surface area (Å²) in [7, 11) is 0. The van der Waals surface area contributed by atoms with Gasteiger partial charge in [0.15, 0.2) is 5.84 Å². The molecule has 23 heavy (non-hydrogen) atoms. The average molecular weight is 310 g/mol. The number of benzene rings is 2. The number of nitrogens with two attached hydrogens (primary N) is 1. The Morgan fingerprint density at radius 2 is 1.91 bits per heavy atom. The zero-order chi connectivity index (χ0) is 16.8. The summed E-state index contributed by atoms with van der Waals surface area (Å²) in [4.78, 5) is 26.5. The third kappa shape index (κ3) is 3.89. The van der Waals surface area contributed by atoms with Crippen molar-refractivity contribution < 1.29 is 14.6 Å². The van der Waals surface area contributed by atoms with E-state index in [0.717, 1.165) is 0 Å². The molecule has 0 aliphatic carbocycles. The number of carbonyl (C=O) groups is 1. The van der Waals surface area contributed by atoms with E-state index in [1.165, 1.54) is 36.4 Å². The average Bonchev–Trinajstić information content (AvgIpc) is 2.59. The zero-order valence-corrected chi connectivity index (χ0v) is 11.7. The van der Waals surface area contributed by atoms with Gasteiger partial charge in [0.2, 0.25) is 0 Å². The molecule has 0 saturated heterocycles. The van der Waals surface area contributed by atoms with E-state index in [1.54, 1.807) is 12.1 Å². The molecular formula is C15H10N4O4. The summed E-state index contributed by atoms with van der Waals surface area (Å²) in [6, 6.07) is 13.1. The molecule has 2 rings (SSSR count). The quantitative estimate of drug-likeness (QED) is 0.302. The van der Waals surface area contributed by atoms with Gasteiger partial charge in [-0.25, -0.2) is 4.79 Å². The van der Waals surface area contributed by atoms with Gasteiger partial charge in [-0.3, -0.25) is 10.1 Å². The van der Waals surface area contributed by atoms with Gasteiger partial charge < -0.3 is 10.6 Å². The highest BCUT2D eigenvalue weighted by Crippen LogP contribution is 2.12. The van der Waals surface area contributed by atoms with Crippen molar-refractivity contribution in [2.45, 2.75) is 0 Å². The van der Waals surface area contributed by atoms with Crippen LogP contribution in [0.1, 0.15) is 21.5 Å². The van der Waals surface area contributed by atoms with Gasteiger partial charge >= 0.3 is 5.97 Å². The van der Waals surface area contributed by atoms with E-state index in [4.69, 9.17) is 15.8 Å². The summed E-state index contributed by atoms with van der Waals surface area (Å²) in [5.74, 6) is -0.878. The molecule has 2 aromatic rings. The highest BCUT2D eigenvalue weighted by atomic mass is 16.7. The lowest BCUT2D eigenvalue weighted by atomic mass is 10.1. The number of hydrogen-bond donors (Lipinski definition) is 1. The monoisotopic (exact) mass is 310 g/mol. The number of non-ortho nitro benzene ring substituents is 1. The van der Waals surface area contributed by atoms with Crippen molar-refractivity contribution in [2.24, 2.45) is 10.9 Å². The van der Waals surface area contributed by atoms with Crippen LogP contribution in [-0.2, 0) is 4.84 Å². The predicted molar refractivity (Wildman–Crippen MR) is 80.4 cm³/mol. The van der Waals surface area contributed by atoms with Gasteiger partial charge in [-0.1, -0.05) is 11.2 Å². The lowest BCUT2D eigenvalue weighted by Crippen LogP contribution is -2.15. The first-order valence-corrected chi connectivity index (χ1v) is 6.31. The van der Waals surface area contributed by atoms with Crippen molar-refractivity contribution >= 4 is 17.5 Å². The minimum atomic E-state index is -0.771. The van der Waals surface area contributed by atoms with Crippen LogP contribution in [-0.4, -0.2) is 16.7 Å². The first-order chi connectivity index (χ1) is 11.0. The van der Waals surface area contributed by atoms with Crippen molar-refractivity contribution in [1.82, 2.24) is 0 Å². The molecule has 0 aromatic heterocycles. The van der Waals surface area contributed by atoms with Crippen molar-refractivity contribution in [2.75, 3.05) is 0 Å². The molecule has 0 bridgehead atoms. The minimum Gasteiger partial charge on any atom is -0.380 e. The van der Waals surface area contributed by atoms with Crippen LogP contribution in [0.4, 0.5) is 5.69 Å². The van der Waals surface area contributed by atoms with Crippen molar-refractivity contribution in [3.63, 3.8) is 0 Å². The zero-order valence-electron chi connectivity index (χ0n) is 11.7. The second-order valence-corrected chi connectivity index (χ2v) is 4.35. The van der Waals surface area contributed by atoms with Crippen molar-refractivity contribution in [3.8, 4) is 6.07 Å². The van der Waals surface area contributed by atoms with Crippen LogP contribution < -0.4 is 5.73 Å². The van der Waals surface area contributed by atoms with Gasteiger partial charge in [-0.15, -0.1) is 0 Å². The fraction of sp³-hybridized carbons (Fsp3) is 0. The van der Waals surface area contributed by atoms with Gasteiger partial charge in [0, 0.05) is 17.7 Å². The summed E-state index contributed by atoms with van der Waals surface area (Å²) in [6.45, 7) is 0. The van der Waals surface area contributed by atoms with Crippen LogP contribution in [0, 0.1) is 21.4 Å². The second-order valence-electron chi connectivity index (χ2n) is 4.35. The van der Waals surface area contributed by atoms with E-state index in [-0.39, 0.29) is 17.1 Å². The van der Waals surface area contributed by atoms with Crippen LogP contribution in [0.3, 0.4) is 0 Å². The lowest BCUT2D eigenvalue weighted by molar-refractivity contribution is -0.384. The number of carbonyl (C=O) groups excluding carboxylic acids is 1. The molecule has 0 amide bonds. The topological polar surface area (TPSA) is 132 Å². The number of oxime groups is 1. The molecule has 2 aromatic carbocycles. The third-order valence-electron chi connectivity index (χ3n) is 2.83. The lowest BCUT2D eigenvalue weighted by Gasteiger charge is -2.01. The normalized spacial score (nSPS) is 10.7. The molecule has 0 aliphatic rings. The molecule has 0 unspecified atom stereocenters. The Morgan fingerprint density at radius 1 is 1.22 bits per heavy atom. The first-order valence-electron chi connectivity index (χ1n) is 6.31. The fourth-order valence-corrected chi connectivity index (χ4v) is 1.67. The minimum absolute atomic E-state index is 0.0909. The molecule has 0 saturated carbocycles. The standard InChI is InChI=1S/C15H10N4O4/c16-9-10-2-1-3-12(8-10)15(20)23-18-14(17)11-4-6-13(7-5-11)19(21)22/h1-8H,(H2,17,18). The number of nitro groups is 1. The predicted octanol–water partition coefficient (Wildman–Crippen LogP) is 1.94. The Labute approximate surface area is 130 Å². The van der Waals surface area contributed by atoms with E-state index < -0.39 is 10.9 Å². The highest BCUT2D eigenvalue weighted by molar-refractivity contribution is 5.98. The largest absolute Gasteiger partial charge is 0.380 e. The van der Waals surface area contributed by atoms with Crippen LogP contribution in [0.5, 0.6) is 0 Å². The SMILES string of the molecule is N#Cc1cccc(C(=O)O/N=C(\N)c2ccc([N+](=O)[O-])cc2)c1. The van der Waals surface area contributed by atoms with Crippen LogP contribution in [0.2, 0.25) is 0 Å². The molecule has 8 heteroatoms. The molecule has 0 spiro atoms. The maximum atomic E-state index is 11.8. The molecule has 0 atom stereocenters. The Bertz CT molecular complexity index is 822. The third-order valence-corrected chi connectivity index (χ3v) is 2.83. The van der Waals surface area contributed by atoms with Crippen LogP contribution in [0.25, 0.3) is 0 Å². The van der Waals surface area contributed by atoms with Crippen LogP contribution >= 0.6 is 0 Å². The Morgan fingerprint density at radius 3 is 2.52 bits per heavy atom. The van der Waals surface area contributed by atoms with Gasteiger partial charge in [0.25, 0.3) is 5.69 Å². The summed E-state index contributed by atoms with van der Waals surface area (Å²) < 4.78 is 0. The van der Waals surface area contributed by atoms with E-state index in [9.17, 15) is 14.9 Å². The van der Waals surface area contributed by atoms with Crippen molar-refractivity contribution in [1.29, 1.82) is 5.26 Å². The van der Waals surface area contributed by atoms with E-state index >= 15 is 0 Å². The van der Waals surface area contributed by atoms with Crippen LogP contribution in [0.15, 0.2) is 53.7 Å². The highest BCUT2D eigenvalue weighted by Gasteiger charge is 2.10. The Hall–Kier alpha value is -3.73. The van der Waals surface area contributed by atoms with E-state index in [1.807, 2.05) is 6.07 Å². The summed E-state index contributed by atoms with van der Waals surface area (Å²) in [6.07, 6.45) is 0. The fourth-order valence-electron chi connectivity index (χ4n) is 1.67. The van der Waals surface area contributed by atoms with E-state index in [2.05, 4.69) is 5.16 Å².